The Kier molecular flexibility index (Phi) is 5.53. The molecule has 0 fully saturated rings. The molecule has 0 amide bonds. The van der Waals surface area contributed by atoms with Gasteiger partial charge < -0.3 is 15.2 Å². The molecule has 0 unspecified atom stereocenters. The molecule has 4 heteroatoms. The zero-order valence-electron chi connectivity index (χ0n) is 9.40. The van der Waals surface area contributed by atoms with E-state index in [-0.39, 0.29) is 12.4 Å². The van der Waals surface area contributed by atoms with Crippen LogP contribution < -0.4 is 5.32 Å². The van der Waals surface area contributed by atoms with E-state index in [9.17, 15) is 4.79 Å². The summed E-state index contributed by atoms with van der Waals surface area (Å²) in [7, 11) is 0. The molecule has 0 saturated carbocycles. The highest BCUT2D eigenvalue weighted by Gasteiger charge is 1.98. The van der Waals surface area contributed by atoms with Crippen molar-refractivity contribution in [1.82, 2.24) is 0 Å². The number of anilines is 1. The molecule has 0 aliphatic carbocycles. The topological polar surface area (TPSA) is 58.6 Å². The van der Waals surface area contributed by atoms with Crippen LogP contribution in [-0.2, 0) is 4.74 Å². The maximum absolute atomic E-state index is 11.0. The van der Waals surface area contributed by atoms with E-state index in [1.165, 1.54) is 0 Å². The molecule has 2 N–H and O–H groups in total. The van der Waals surface area contributed by atoms with Crippen molar-refractivity contribution in [2.45, 2.75) is 6.92 Å². The van der Waals surface area contributed by atoms with E-state index >= 15 is 0 Å². The molecule has 0 saturated heterocycles. The van der Waals surface area contributed by atoms with Gasteiger partial charge in [0.2, 0.25) is 0 Å². The Morgan fingerprint density at radius 3 is 2.56 bits per heavy atom. The van der Waals surface area contributed by atoms with Gasteiger partial charge in [-0.05, 0) is 31.2 Å². The fraction of sp³-hybridized carbons (Fsp3) is 0.417. The summed E-state index contributed by atoms with van der Waals surface area (Å²) in [6.45, 7) is 3.19. The Hall–Kier alpha value is -1.39. The minimum absolute atomic E-state index is 0.0489. The van der Waals surface area contributed by atoms with Crippen LogP contribution in [0.3, 0.4) is 0 Å². The van der Waals surface area contributed by atoms with Crippen LogP contribution in [0, 0.1) is 0 Å². The molecule has 16 heavy (non-hydrogen) atoms. The Balaban J connectivity index is 2.29. The van der Waals surface area contributed by atoms with Crippen molar-refractivity contribution in [3.05, 3.63) is 29.8 Å². The quantitative estimate of drug-likeness (QED) is 0.540. The van der Waals surface area contributed by atoms with Crippen molar-refractivity contribution < 1.29 is 14.6 Å². The number of nitrogens with one attached hydrogen (secondary N) is 1. The first kappa shape index (κ1) is 12.7. The van der Waals surface area contributed by atoms with Crippen LogP contribution >= 0.6 is 0 Å². The summed E-state index contributed by atoms with van der Waals surface area (Å²) in [4.78, 5) is 11.0. The van der Waals surface area contributed by atoms with Gasteiger partial charge in [0.05, 0.1) is 19.8 Å². The van der Waals surface area contributed by atoms with Gasteiger partial charge in [-0.25, -0.2) is 0 Å². The molecular formula is C12H17NO3. The van der Waals surface area contributed by atoms with Crippen LogP contribution in [0.2, 0.25) is 0 Å². The summed E-state index contributed by atoms with van der Waals surface area (Å²) in [5.74, 6) is 0.0674. The maximum atomic E-state index is 11.0. The fourth-order valence-electron chi connectivity index (χ4n) is 1.26. The maximum Gasteiger partial charge on any atom is 0.159 e. The Labute approximate surface area is 95.2 Å². The predicted molar refractivity (Wildman–Crippen MR) is 62.8 cm³/mol. The van der Waals surface area contributed by atoms with E-state index in [0.29, 0.717) is 25.3 Å². The first-order valence-electron chi connectivity index (χ1n) is 5.27. The highest BCUT2D eigenvalue weighted by Crippen LogP contribution is 2.09. The van der Waals surface area contributed by atoms with Crippen molar-refractivity contribution in [3.8, 4) is 0 Å². The summed E-state index contributed by atoms with van der Waals surface area (Å²) < 4.78 is 5.10. The Bertz CT molecular complexity index is 322. The summed E-state index contributed by atoms with van der Waals surface area (Å²) >= 11 is 0. The minimum atomic E-state index is 0.0489. The molecule has 0 radical (unpaired) electrons. The molecule has 88 valence electrons. The number of carbonyl (C=O) groups is 1. The molecule has 0 bridgehead atoms. The van der Waals surface area contributed by atoms with Gasteiger partial charge in [-0.2, -0.15) is 0 Å². The van der Waals surface area contributed by atoms with E-state index < -0.39 is 0 Å². The Morgan fingerprint density at radius 2 is 2.00 bits per heavy atom. The molecule has 0 aromatic heterocycles. The second-order valence-electron chi connectivity index (χ2n) is 3.40. The average Bonchev–Trinajstić information content (AvgIpc) is 2.29. The molecule has 1 rings (SSSR count). The SMILES string of the molecule is CC(=O)c1ccc(NCCOCCO)cc1. The number of rotatable bonds is 7. The Morgan fingerprint density at radius 1 is 1.31 bits per heavy atom. The van der Waals surface area contributed by atoms with E-state index in [4.69, 9.17) is 9.84 Å². The second-order valence-corrected chi connectivity index (χ2v) is 3.40. The predicted octanol–water partition coefficient (Wildman–Crippen LogP) is 1.31. The number of hydrogen-bond donors (Lipinski definition) is 2. The van der Waals surface area contributed by atoms with Crippen molar-refractivity contribution in [2.24, 2.45) is 0 Å². The monoisotopic (exact) mass is 223 g/mol. The lowest BCUT2D eigenvalue weighted by atomic mass is 10.1. The third kappa shape index (κ3) is 4.42. The zero-order chi connectivity index (χ0) is 11.8. The lowest BCUT2D eigenvalue weighted by Gasteiger charge is -2.06. The standard InChI is InChI=1S/C12H17NO3/c1-10(15)11-2-4-12(5-3-11)13-6-8-16-9-7-14/h2-5,13-14H,6-9H2,1H3. The minimum Gasteiger partial charge on any atom is -0.394 e. The summed E-state index contributed by atoms with van der Waals surface area (Å²) in [6.07, 6.45) is 0. The molecule has 0 aliphatic rings. The smallest absolute Gasteiger partial charge is 0.159 e. The number of ether oxygens (including phenoxy) is 1. The molecule has 1 aromatic rings. The van der Waals surface area contributed by atoms with Crippen LogP contribution in [0.25, 0.3) is 0 Å². The summed E-state index contributed by atoms with van der Waals surface area (Å²) in [5.41, 5.74) is 1.67. The number of Topliss-reactive ketones (excluding diaryl/α,β-unsaturated/α-hetero) is 1. The largest absolute Gasteiger partial charge is 0.394 e. The molecule has 0 aliphatic heterocycles. The number of ketones is 1. The van der Waals surface area contributed by atoms with E-state index in [1.807, 2.05) is 12.1 Å². The van der Waals surface area contributed by atoms with E-state index in [0.717, 1.165) is 5.69 Å². The van der Waals surface area contributed by atoms with Crippen LogP contribution in [0.1, 0.15) is 17.3 Å². The normalized spacial score (nSPS) is 10.1. The number of aliphatic hydroxyl groups excluding tert-OH is 1. The van der Waals surface area contributed by atoms with Crippen molar-refractivity contribution in [3.63, 3.8) is 0 Å². The fourth-order valence-corrected chi connectivity index (χ4v) is 1.26. The highest BCUT2D eigenvalue weighted by molar-refractivity contribution is 5.94. The molecule has 1 aromatic carbocycles. The zero-order valence-corrected chi connectivity index (χ0v) is 9.40. The number of aliphatic hydroxyl groups is 1. The lowest BCUT2D eigenvalue weighted by Crippen LogP contribution is -2.11. The summed E-state index contributed by atoms with van der Waals surface area (Å²) in [6, 6.07) is 7.31. The highest BCUT2D eigenvalue weighted by atomic mass is 16.5. The van der Waals surface area contributed by atoms with Gasteiger partial charge in [-0.1, -0.05) is 0 Å². The number of hydrogen-bond acceptors (Lipinski definition) is 4. The third-order valence-electron chi connectivity index (χ3n) is 2.10. The van der Waals surface area contributed by atoms with E-state index in [2.05, 4.69) is 5.32 Å². The van der Waals surface area contributed by atoms with E-state index in [1.54, 1.807) is 19.1 Å². The van der Waals surface area contributed by atoms with Crippen molar-refractivity contribution in [2.75, 3.05) is 31.7 Å². The van der Waals surface area contributed by atoms with Gasteiger partial charge in [0, 0.05) is 17.8 Å². The van der Waals surface area contributed by atoms with Crippen LogP contribution in [0.15, 0.2) is 24.3 Å². The van der Waals surface area contributed by atoms with Crippen LogP contribution in [0.4, 0.5) is 5.69 Å². The number of benzene rings is 1. The molecular weight excluding hydrogens is 206 g/mol. The second kappa shape index (κ2) is 6.98. The van der Waals surface area contributed by atoms with Crippen LogP contribution in [-0.4, -0.2) is 37.3 Å². The van der Waals surface area contributed by atoms with Gasteiger partial charge >= 0.3 is 0 Å². The molecule has 0 atom stereocenters. The first-order chi connectivity index (χ1) is 7.74. The molecule has 4 nitrogen and oxygen atoms in total. The number of carbonyl (C=O) groups excluding carboxylic acids is 1. The van der Waals surface area contributed by atoms with Gasteiger partial charge in [0.25, 0.3) is 0 Å². The van der Waals surface area contributed by atoms with Gasteiger partial charge in [-0.15, -0.1) is 0 Å². The van der Waals surface area contributed by atoms with Crippen LogP contribution in [0.5, 0.6) is 0 Å². The lowest BCUT2D eigenvalue weighted by molar-refractivity contribution is 0.0992. The third-order valence-corrected chi connectivity index (χ3v) is 2.10. The van der Waals surface area contributed by atoms with Gasteiger partial charge in [0.15, 0.2) is 5.78 Å². The molecule has 0 heterocycles. The first-order valence-corrected chi connectivity index (χ1v) is 5.27. The van der Waals surface area contributed by atoms with Gasteiger partial charge in [0.1, 0.15) is 0 Å². The average molecular weight is 223 g/mol. The molecule has 0 spiro atoms. The summed E-state index contributed by atoms with van der Waals surface area (Å²) in [5, 5.41) is 11.6. The van der Waals surface area contributed by atoms with Gasteiger partial charge in [-0.3, -0.25) is 4.79 Å². The van der Waals surface area contributed by atoms with Crippen molar-refractivity contribution in [1.29, 1.82) is 0 Å². The van der Waals surface area contributed by atoms with Crippen molar-refractivity contribution >= 4 is 11.5 Å².